The van der Waals surface area contributed by atoms with E-state index in [1.54, 1.807) is 13.0 Å². The lowest BCUT2D eigenvalue weighted by Gasteiger charge is -2.48. The molecule has 2 aromatic rings. The zero-order valence-electron chi connectivity index (χ0n) is 18.4. The van der Waals surface area contributed by atoms with E-state index in [2.05, 4.69) is 17.0 Å². The van der Waals surface area contributed by atoms with Crippen LogP contribution in [-0.2, 0) is 27.1 Å². The van der Waals surface area contributed by atoms with Crippen LogP contribution in [0.4, 0.5) is 0 Å². The summed E-state index contributed by atoms with van der Waals surface area (Å²) in [5.74, 6) is -0.762. The van der Waals surface area contributed by atoms with E-state index in [4.69, 9.17) is 23.2 Å². The highest BCUT2D eigenvalue weighted by Gasteiger charge is 2.53. The summed E-state index contributed by atoms with van der Waals surface area (Å²) < 4.78 is 0. The molecule has 2 aromatic carbocycles. The average Bonchev–Trinajstić information content (AvgIpc) is 3.60. The second kappa shape index (κ2) is 8.69. The molecule has 7 heteroatoms. The molecule has 0 aromatic heterocycles. The van der Waals surface area contributed by atoms with Gasteiger partial charge in [-0.2, -0.15) is 0 Å². The first-order valence-corrected chi connectivity index (χ1v) is 11.7. The summed E-state index contributed by atoms with van der Waals surface area (Å²) in [6, 6.07) is 13.7. The van der Waals surface area contributed by atoms with Gasteiger partial charge in [-0.15, -0.1) is 0 Å². The first-order valence-electron chi connectivity index (χ1n) is 10.9. The SMILES string of the molecule is CC(=O)N(C)C1(c2ccccc2)CCN(Cc2c(C3(C(=O)O)CC3)ccc(Cl)c2Cl)CC1. The lowest BCUT2D eigenvalue weighted by Crippen LogP contribution is -2.53. The molecule has 1 amide bonds. The fraction of sp³-hybridized carbons (Fsp3) is 0.440. The Morgan fingerprint density at radius 2 is 1.66 bits per heavy atom. The lowest BCUT2D eigenvalue weighted by atomic mass is 9.79. The fourth-order valence-electron chi connectivity index (χ4n) is 5.09. The van der Waals surface area contributed by atoms with Crippen molar-refractivity contribution in [2.24, 2.45) is 0 Å². The summed E-state index contributed by atoms with van der Waals surface area (Å²) >= 11 is 12.9. The molecule has 2 aliphatic rings. The van der Waals surface area contributed by atoms with E-state index in [0.717, 1.165) is 42.6 Å². The number of halogens is 2. The Labute approximate surface area is 198 Å². The Morgan fingerprint density at radius 1 is 1.03 bits per heavy atom. The maximum absolute atomic E-state index is 12.3. The molecule has 1 aliphatic heterocycles. The third-order valence-corrected chi connectivity index (χ3v) is 8.20. The van der Waals surface area contributed by atoms with Crippen LogP contribution in [0.5, 0.6) is 0 Å². The highest BCUT2D eigenvalue weighted by atomic mass is 35.5. The van der Waals surface area contributed by atoms with Crippen molar-refractivity contribution in [1.82, 2.24) is 9.80 Å². The number of likely N-dealkylation sites (tertiary alicyclic amines) is 1. The third kappa shape index (κ3) is 3.91. The molecule has 1 saturated heterocycles. The Balaban J connectivity index is 1.60. The van der Waals surface area contributed by atoms with Gasteiger partial charge in [-0.3, -0.25) is 14.5 Å². The Morgan fingerprint density at radius 3 is 2.19 bits per heavy atom. The number of carboxylic acid groups (broad SMARTS) is 1. The molecule has 0 bridgehead atoms. The summed E-state index contributed by atoms with van der Waals surface area (Å²) in [5, 5.41) is 10.7. The minimum Gasteiger partial charge on any atom is -0.481 e. The maximum atomic E-state index is 12.3. The molecule has 32 heavy (non-hydrogen) atoms. The number of nitrogens with zero attached hydrogens (tertiary/aromatic N) is 2. The molecule has 0 atom stereocenters. The lowest BCUT2D eigenvalue weighted by molar-refractivity contribution is -0.140. The molecule has 1 aliphatic carbocycles. The number of benzene rings is 2. The third-order valence-electron chi connectivity index (χ3n) is 7.36. The van der Waals surface area contributed by atoms with E-state index in [-0.39, 0.29) is 11.4 Å². The van der Waals surface area contributed by atoms with E-state index >= 15 is 0 Å². The van der Waals surface area contributed by atoms with E-state index in [1.807, 2.05) is 36.2 Å². The van der Waals surface area contributed by atoms with E-state index in [0.29, 0.717) is 29.4 Å². The minimum atomic E-state index is -0.845. The number of carboxylic acids is 1. The number of amides is 1. The number of hydrogen-bond donors (Lipinski definition) is 1. The van der Waals surface area contributed by atoms with Gasteiger partial charge in [0.25, 0.3) is 0 Å². The Hall–Kier alpha value is -2.08. The molecule has 1 heterocycles. The topological polar surface area (TPSA) is 60.9 Å². The standard InChI is InChI=1S/C25H28Cl2N2O3/c1-17(30)28(2)25(18-6-4-3-5-7-18)12-14-29(15-13-25)16-19-20(8-9-21(26)22(19)27)24(10-11-24)23(31)32/h3-9H,10-16H2,1-2H3,(H,31,32). The van der Waals surface area contributed by atoms with Gasteiger partial charge in [0.15, 0.2) is 0 Å². The molecule has 1 saturated carbocycles. The van der Waals surface area contributed by atoms with Crippen LogP contribution in [0.2, 0.25) is 10.0 Å². The van der Waals surface area contributed by atoms with Crippen LogP contribution in [0, 0.1) is 0 Å². The van der Waals surface area contributed by atoms with E-state index in [1.165, 1.54) is 0 Å². The van der Waals surface area contributed by atoms with E-state index in [9.17, 15) is 14.7 Å². The molecule has 0 radical (unpaired) electrons. The van der Waals surface area contributed by atoms with Crippen LogP contribution in [0.15, 0.2) is 42.5 Å². The van der Waals surface area contributed by atoms with Crippen LogP contribution in [0.1, 0.15) is 49.3 Å². The molecule has 1 N–H and O–H groups in total. The number of carbonyl (C=O) groups is 2. The molecule has 2 fully saturated rings. The smallest absolute Gasteiger partial charge is 0.314 e. The molecule has 0 spiro atoms. The van der Waals surface area contributed by atoms with Crippen molar-refractivity contribution in [1.29, 1.82) is 0 Å². The van der Waals surface area contributed by atoms with Crippen molar-refractivity contribution in [3.8, 4) is 0 Å². The second-order valence-corrected chi connectivity index (χ2v) is 9.81. The first-order chi connectivity index (χ1) is 15.2. The van der Waals surface area contributed by atoms with Gasteiger partial charge in [0.2, 0.25) is 5.91 Å². The van der Waals surface area contributed by atoms with Crippen LogP contribution in [0.3, 0.4) is 0 Å². The normalized spacial score (nSPS) is 19.4. The molecular weight excluding hydrogens is 447 g/mol. The van der Waals surface area contributed by atoms with Crippen molar-refractivity contribution < 1.29 is 14.7 Å². The molecule has 5 nitrogen and oxygen atoms in total. The maximum Gasteiger partial charge on any atom is 0.314 e. The van der Waals surface area contributed by atoms with Crippen LogP contribution in [0.25, 0.3) is 0 Å². The molecule has 4 rings (SSSR count). The van der Waals surface area contributed by atoms with Crippen molar-refractivity contribution >= 4 is 35.1 Å². The van der Waals surface area contributed by atoms with Crippen molar-refractivity contribution in [2.45, 2.75) is 50.1 Å². The predicted octanol–water partition coefficient (Wildman–Crippen LogP) is 5.08. The van der Waals surface area contributed by atoms with Gasteiger partial charge in [0, 0.05) is 33.6 Å². The van der Waals surface area contributed by atoms with Gasteiger partial charge in [-0.25, -0.2) is 0 Å². The van der Waals surface area contributed by atoms with Gasteiger partial charge >= 0.3 is 5.97 Å². The van der Waals surface area contributed by atoms with Gasteiger partial charge < -0.3 is 10.0 Å². The van der Waals surface area contributed by atoms with E-state index < -0.39 is 11.4 Å². The zero-order valence-corrected chi connectivity index (χ0v) is 19.9. The molecule has 170 valence electrons. The monoisotopic (exact) mass is 474 g/mol. The average molecular weight is 475 g/mol. The number of piperidine rings is 1. The first kappa shape index (κ1) is 23.1. The number of aliphatic carboxylic acids is 1. The summed E-state index contributed by atoms with van der Waals surface area (Å²) in [6.45, 7) is 3.66. The predicted molar refractivity (Wildman–Crippen MR) is 126 cm³/mol. The number of hydrogen-bond acceptors (Lipinski definition) is 3. The van der Waals surface area contributed by atoms with Crippen LogP contribution >= 0.6 is 23.2 Å². The number of rotatable bonds is 6. The zero-order chi connectivity index (χ0) is 23.1. The highest BCUT2D eigenvalue weighted by Crippen LogP contribution is 2.51. The van der Waals surface area contributed by atoms with Crippen LogP contribution in [-0.4, -0.2) is 46.9 Å². The largest absolute Gasteiger partial charge is 0.481 e. The van der Waals surface area contributed by atoms with Gasteiger partial charge in [-0.1, -0.05) is 59.6 Å². The second-order valence-electron chi connectivity index (χ2n) is 9.03. The Kier molecular flexibility index (Phi) is 6.27. The minimum absolute atomic E-state index is 0.0413. The number of carbonyl (C=O) groups excluding carboxylic acids is 1. The summed E-state index contributed by atoms with van der Waals surface area (Å²) in [6.07, 6.45) is 2.80. The Bertz CT molecular complexity index is 1030. The van der Waals surface area contributed by atoms with Crippen molar-refractivity contribution in [3.05, 3.63) is 69.2 Å². The summed E-state index contributed by atoms with van der Waals surface area (Å²) in [4.78, 5) is 28.5. The van der Waals surface area contributed by atoms with Gasteiger partial charge in [0.1, 0.15) is 0 Å². The quantitative estimate of drug-likeness (QED) is 0.633. The highest BCUT2D eigenvalue weighted by molar-refractivity contribution is 6.42. The van der Waals surface area contributed by atoms with Crippen molar-refractivity contribution in [3.63, 3.8) is 0 Å². The molecule has 0 unspecified atom stereocenters. The van der Waals surface area contributed by atoms with Gasteiger partial charge in [0.05, 0.1) is 21.0 Å². The summed E-state index contributed by atoms with van der Waals surface area (Å²) in [5.41, 5.74) is 1.53. The molecular formula is C25H28Cl2N2O3. The van der Waals surface area contributed by atoms with Gasteiger partial charge in [-0.05, 0) is 48.4 Å². The summed E-state index contributed by atoms with van der Waals surface area (Å²) in [7, 11) is 1.88. The van der Waals surface area contributed by atoms with Crippen LogP contribution < -0.4 is 0 Å². The van der Waals surface area contributed by atoms with Crippen molar-refractivity contribution in [2.75, 3.05) is 20.1 Å². The fourth-order valence-corrected chi connectivity index (χ4v) is 5.49.